The summed E-state index contributed by atoms with van der Waals surface area (Å²) in [5, 5.41) is 12.1. The van der Waals surface area contributed by atoms with Gasteiger partial charge in [-0.05, 0) is 6.92 Å². The second-order valence-electron chi connectivity index (χ2n) is 2.77. The van der Waals surface area contributed by atoms with E-state index < -0.39 is 17.9 Å². The van der Waals surface area contributed by atoms with Crippen molar-refractivity contribution >= 4 is 17.7 Å². The molecule has 6 nitrogen and oxygen atoms in total. The van der Waals surface area contributed by atoms with Crippen LogP contribution in [0.1, 0.15) is 20.3 Å². The lowest BCUT2D eigenvalue weighted by molar-refractivity contribution is -0.140. The number of nitrogens with one attached hydrogen (secondary N) is 1. The Morgan fingerprint density at radius 2 is 2.15 bits per heavy atom. The number of carbonyl (C=O) groups excluding carboxylic acids is 1. The molecule has 0 aromatic carbocycles. The molecule has 0 aliphatic heterocycles. The third-order valence-corrected chi connectivity index (χ3v) is 1.38. The smallest absolute Gasteiger partial charge is 0.332 e. The fourth-order valence-electron chi connectivity index (χ4n) is 0.727. The van der Waals surface area contributed by atoms with E-state index in [0.29, 0.717) is 5.71 Å². The summed E-state index contributed by atoms with van der Waals surface area (Å²) >= 11 is 0. The molecule has 74 valence electrons. The Hall–Kier alpha value is -1.59. The molecular weight excluding hydrogens is 174 g/mol. The molecule has 0 bridgehead atoms. The van der Waals surface area contributed by atoms with Crippen LogP contribution in [0.25, 0.3) is 0 Å². The largest absolute Gasteiger partial charge is 0.481 e. The SMILES string of the molecule is C/C(C[C@H](C)C(=O)O)=N\NC(N)=O. The minimum atomic E-state index is -0.895. The number of nitrogens with two attached hydrogens (primary N) is 1. The van der Waals surface area contributed by atoms with Crippen molar-refractivity contribution in [1.82, 2.24) is 5.43 Å². The van der Waals surface area contributed by atoms with Gasteiger partial charge in [0.05, 0.1) is 5.92 Å². The third-order valence-electron chi connectivity index (χ3n) is 1.38. The van der Waals surface area contributed by atoms with E-state index in [1.54, 1.807) is 13.8 Å². The average Bonchev–Trinajstić information content (AvgIpc) is 2.00. The van der Waals surface area contributed by atoms with Gasteiger partial charge in [-0.3, -0.25) is 4.79 Å². The summed E-state index contributed by atoms with van der Waals surface area (Å²) in [7, 11) is 0. The van der Waals surface area contributed by atoms with Crippen molar-refractivity contribution in [2.45, 2.75) is 20.3 Å². The second-order valence-corrected chi connectivity index (χ2v) is 2.77. The van der Waals surface area contributed by atoms with E-state index in [9.17, 15) is 9.59 Å². The molecule has 0 heterocycles. The van der Waals surface area contributed by atoms with Crippen LogP contribution in [-0.2, 0) is 4.79 Å². The van der Waals surface area contributed by atoms with Crippen molar-refractivity contribution in [3.05, 3.63) is 0 Å². The first-order valence-corrected chi connectivity index (χ1v) is 3.75. The molecule has 0 saturated carbocycles. The van der Waals surface area contributed by atoms with Crippen LogP contribution in [0.4, 0.5) is 4.79 Å². The summed E-state index contributed by atoms with van der Waals surface area (Å²) < 4.78 is 0. The van der Waals surface area contributed by atoms with E-state index in [0.717, 1.165) is 0 Å². The molecule has 13 heavy (non-hydrogen) atoms. The summed E-state index contributed by atoms with van der Waals surface area (Å²) in [5.41, 5.74) is 7.30. The van der Waals surface area contributed by atoms with Crippen LogP contribution in [-0.4, -0.2) is 22.8 Å². The van der Waals surface area contributed by atoms with Crippen LogP contribution in [0.15, 0.2) is 5.10 Å². The molecule has 1 atom stereocenters. The van der Waals surface area contributed by atoms with Gasteiger partial charge < -0.3 is 10.8 Å². The molecule has 0 aliphatic rings. The Kier molecular flexibility index (Phi) is 4.50. The van der Waals surface area contributed by atoms with Crippen LogP contribution < -0.4 is 11.2 Å². The number of carboxylic acid groups (broad SMARTS) is 1. The Labute approximate surface area is 75.8 Å². The van der Waals surface area contributed by atoms with Gasteiger partial charge in [-0.15, -0.1) is 0 Å². The number of nitrogens with zero attached hydrogens (tertiary/aromatic N) is 1. The average molecular weight is 187 g/mol. The van der Waals surface area contributed by atoms with Crippen molar-refractivity contribution in [3.63, 3.8) is 0 Å². The van der Waals surface area contributed by atoms with Crippen molar-refractivity contribution in [2.24, 2.45) is 16.8 Å². The van der Waals surface area contributed by atoms with E-state index >= 15 is 0 Å². The topological polar surface area (TPSA) is 105 Å². The minimum Gasteiger partial charge on any atom is -0.481 e. The monoisotopic (exact) mass is 187 g/mol. The maximum absolute atomic E-state index is 10.4. The van der Waals surface area contributed by atoms with Crippen molar-refractivity contribution in [2.75, 3.05) is 0 Å². The lowest BCUT2D eigenvalue weighted by atomic mass is 10.1. The quantitative estimate of drug-likeness (QED) is 0.430. The van der Waals surface area contributed by atoms with Crippen LogP contribution >= 0.6 is 0 Å². The van der Waals surface area contributed by atoms with E-state index in [1.807, 2.05) is 5.43 Å². The minimum absolute atomic E-state index is 0.287. The lowest BCUT2D eigenvalue weighted by Crippen LogP contribution is -2.26. The Morgan fingerprint density at radius 1 is 1.62 bits per heavy atom. The summed E-state index contributed by atoms with van der Waals surface area (Å²) in [6.07, 6.45) is 0.287. The van der Waals surface area contributed by atoms with Gasteiger partial charge in [0.25, 0.3) is 0 Å². The summed E-state index contributed by atoms with van der Waals surface area (Å²) in [5.74, 6) is -1.41. The number of hydrogen-bond acceptors (Lipinski definition) is 3. The maximum Gasteiger partial charge on any atom is 0.332 e. The molecule has 0 spiro atoms. The van der Waals surface area contributed by atoms with Crippen LogP contribution in [0.3, 0.4) is 0 Å². The number of primary amides is 1. The zero-order chi connectivity index (χ0) is 10.4. The summed E-state index contributed by atoms with van der Waals surface area (Å²) in [6, 6.07) is -0.762. The van der Waals surface area contributed by atoms with E-state index in [-0.39, 0.29) is 6.42 Å². The Bertz CT molecular complexity index is 237. The molecule has 2 amide bonds. The number of urea groups is 1. The van der Waals surface area contributed by atoms with Crippen LogP contribution in [0, 0.1) is 5.92 Å². The zero-order valence-corrected chi connectivity index (χ0v) is 7.57. The lowest BCUT2D eigenvalue weighted by Gasteiger charge is -2.04. The van der Waals surface area contributed by atoms with Crippen LogP contribution in [0.2, 0.25) is 0 Å². The molecule has 0 aromatic heterocycles. The fraction of sp³-hybridized carbons (Fsp3) is 0.571. The Morgan fingerprint density at radius 3 is 2.54 bits per heavy atom. The Balaban J connectivity index is 3.98. The van der Waals surface area contributed by atoms with E-state index in [2.05, 4.69) is 5.10 Å². The standard InChI is InChI=1S/C7H13N3O3/c1-4(6(11)12)3-5(2)9-10-7(8)13/h4H,3H2,1-2H3,(H,11,12)(H3,8,10,13)/b9-5+/t4-/m0/s1. The highest BCUT2D eigenvalue weighted by Crippen LogP contribution is 2.02. The molecule has 0 aliphatic carbocycles. The summed E-state index contributed by atoms with van der Waals surface area (Å²) in [4.78, 5) is 20.6. The zero-order valence-electron chi connectivity index (χ0n) is 7.57. The van der Waals surface area contributed by atoms with Gasteiger partial charge in [-0.2, -0.15) is 5.10 Å². The van der Waals surface area contributed by atoms with Gasteiger partial charge in [-0.25, -0.2) is 10.2 Å². The van der Waals surface area contributed by atoms with Gasteiger partial charge in [0.1, 0.15) is 0 Å². The van der Waals surface area contributed by atoms with Gasteiger partial charge >= 0.3 is 12.0 Å². The normalized spacial score (nSPS) is 13.5. The molecule has 0 fully saturated rings. The number of hydrogen-bond donors (Lipinski definition) is 3. The molecule has 0 saturated heterocycles. The maximum atomic E-state index is 10.4. The predicted molar refractivity (Wildman–Crippen MR) is 47.2 cm³/mol. The van der Waals surface area contributed by atoms with Crippen molar-refractivity contribution in [3.8, 4) is 0 Å². The van der Waals surface area contributed by atoms with Gasteiger partial charge in [0.15, 0.2) is 0 Å². The highest BCUT2D eigenvalue weighted by atomic mass is 16.4. The van der Waals surface area contributed by atoms with Crippen molar-refractivity contribution < 1.29 is 14.7 Å². The number of carboxylic acids is 1. The first kappa shape index (κ1) is 11.4. The molecular formula is C7H13N3O3. The highest BCUT2D eigenvalue weighted by molar-refractivity contribution is 5.87. The molecule has 0 rings (SSSR count). The number of carbonyl (C=O) groups is 2. The summed E-state index contributed by atoms with van der Waals surface area (Å²) in [6.45, 7) is 3.18. The van der Waals surface area contributed by atoms with Gasteiger partial charge in [0.2, 0.25) is 0 Å². The van der Waals surface area contributed by atoms with E-state index in [1.165, 1.54) is 0 Å². The molecule has 4 N–H and O–H groups in total. The van der Waals surface area contributed by atoms with Crippen molar-refractivity contribution in [1.29, 1.82) is 0 Å². The second kappa shape index (κ2) is 5.13. The molecule has 6 heteroatoms. The highest BCUT2D eigenvalue weighted by Gasteiger charge is 2.11. The molecule has 0 aromatic rings. The number of amides is 2. The third kappa shape index (κ3) is 5.66. The van der Waals surface area contributed by atoms with E-state index in [4.69, 9.17) is 10.8 Å². The first-order valence-electron chi connectivity index (χ1n) is 3.75. The van der Waals surface area contributed by atoms with Crippen LogP contribution in [0.5, 0.6) is 0 Å². The first-order chi connectivity index (χ1) is 5.93. The fourth-order valence-corrected chi connectivity index (χ4v) is 0.727. The predicted octanol–water partition coefficient (Wildman–Crippen LogP) is 0.141. The van der Waals surface area contributed by atoms with Gasteiger partial charge in [-0.1, -0.05) is 6.92 Å². The molecule has 0 unspecified atom stereocenters. The number of aliphatic carboxylic acids is 1. The number of hydrazone groups is 1. The number of rotatable bonds is 4. The molecule has 0 radical (unpaired) electrons. The van der Waals surface area contributed by atoms with Gasteiger partial charge in [0, 0.05) is 12.1 Å².